The fraction of sp³-hybridized carbons (Fsp3) is 0.444. The maximum atomic E-state index is 13.3. The van der Waals surface area contributed by atoms with E-state index >= 15 is 0 Å². The molecule has 2 amide bonds. The zero-order valence-corrected chi connectivity index (χ0v) is 21.1. The predicted molar refractivity (Wildman–Crippen MR) is 136 cm³/mol. The average molecular weight is 497 g/mol. The van der Waals surface area contributed by atoms with E-state index in [0.29, 0.717) is 24.5 Å². The van der Waals surface area contributed by atoms with E-state index in [-0.39, 0.29) is 23.8 Å². The number of alkyl carbamates (subject to hydrolysis) is 1. The predicted octanol–water partition coefficient (Wildman–Crippen LogP) is 4.71. The number of fused-ring (bicyclic) bond motifs is 3. The van der Waals surface area contributed by atoms with Gasteiger partial charge >= 0.3 is 12.1 Å². The summed E-state index contributed by atoms with van der Waals surface area (Å²) in [5.74, 6) is -0.839. The Labute approximate surface area is 210 Å². The van der Waals surface area contributed by atoms with E-state index in [4.69, 9.17) is 4.74 Å². The Morgan fingerprint density at radius 1 is 1.09 bits per heavy atom. The first-order valence-corrected chi connectivity index (χ1v) is 13.0. The number of carboxylic acids is 1. The van der Waals surface area contributed by atoms with Crippen LogP contribution in [0.15, 0.2) is 48.5 Å². The molecule has 0 radical (unpaired) electrons. The van der Waals surface area contributed by atoms with Crippen LogP contribution in [-0.2, 0) is 14.3 Å². The first-order valence-electron chi connectivity index (χ1n) is 11.9. The number of hydrogen-bond donors (Lipinski definition) is 2. The standard InChI is InChI=1S/C27H32N2O5S/c1-27(2,3)13-12-22(24(30)29-16-35-15-23(29)25(31)32)28-26(33)34-14-21-19-10-6-4-8-17(19)18-9-5-7-11-20(18)21/h4-11,21-23H,12-16H2,1-3H3,(H,28,33)(H,31,32). The van der Waals surface area contributed by atoms with Crippen molar-refractivity contribution in [3.05, 3.63) is 59.7 Å². The lowest BCUT2D eigenvalue weighted by Crippen LogP contribution is -2.52. The van der Waals surface area contributed by atoms with Gasteiger partial charge in [0.15, 0.2) is 0 Å². The second-order valence-corrected chi connectivity index (χ2v) is 11.3. The molecule has 2 N–H and O–H groups in total. The fourth-order valence-corrected chi connectivity index (χ4v) is 5.84. The van der Waals surface area contributed by atoms with Crippen LogP contribution in [0, 0.1) is 5.41 Å². The van der Waals surface area contributed by atoms with Crippen LogP contribution < -0.4 is 5.32 Å². The second-order valence-electron chi connectivity index (χ2n) is 10.3. The number of nitrogens with zero attached hydrogens (tertiary/aromatic N) is 1. The highest BCUT2D eigenvalue weighted by Crippen LogP contribution is 2.44. The van der Waals surface area contributed by atoms with Gasteiger partial charge in [0.25, 0.3) is 0 Å². The molecule has 1 aliphatic carbocycles. The topological polar surface area (TPSA) is 95.9 Å². The van der Waals surface area contributed by atoms with Gasteiger partial charge in [0.05, 0.1) is 5.88 Å². The Hall–Kier alpha value is -3.00. The summed E-state index contributed by atoms with van der Waals surface area (Å²) in [5, 5.41) is 12.2. The van der Waals surface area contributed by atoms with E-state index < -0.39 is 24.1 Å². The number of rotatable bonds is 7. The fourth-order valence-electron chi connectivity index (χ4n) is 4.68. The molecule has 0 saturated carbocycles. The van der Waals surface area contributed by atoms with Gasteiger partial charge in [-0.05, 0) is 40.5 Å². The molecule has 1 fully saturated rings. The monoisotopic (exact) mass is 496 g/mol. The van der Waals surface area contributed by atoms with Crippen LogP contribution in [0.5, 0.6) is 0 Å². The Morgan fingerprint density at radius 2 is 1.69 bits per heavy atom. The Kier molecular flexibility index (Phi) is 7.40. The number of nitrogens with one attached hydrogen (secondary N) is 1. The molecule has 0 aromatic heterocycles. The minimum Gasteiger partial charge on any atom is -0.480 e. The van der Waals surface area contributed by atoms with Crippen molar-refractivity contribution in [3.63, 3.8) is 0 Å². The number of benzene rings is 2. The van der Waals surface area contributed by atoms with Crippen LogP contribution in [0.4, 0.5) is 4.79 Å². The molecule has 2 aliphatic rings. The molecule has 2 atom stereocenters. The Bertz CT molecular complexity index is 1070. The minimum absolute atomic E-state index is 0.0483. The molecule has 2 aromatic carbocycles. The third-order valence-corrected chi connectivity index (χ3v) is 7.58. The van der Waals surface area contributed by atoms with Gasteiger partial charge < -0.3 is 20.1 Å². The highest BCUT2D eigenvalue weighted by molar-refractivity contribution is 7.99. The third-order valence-electron chi connectivity index (χ3n) is 6.57. The van der Waals surface area contributed by atoms with Crippen molar-refractivity contribution in [2.24, 2.45) is 5.41 Å². The van der Waals surface area contributed by atoms with Crippen molar-refractivity contribution in [1.29, 1.82) is 0 Å². The molecule has 0 spiro atoms. The van der Waals surface area contributed by atoms with Gasteiger partial charge in [-0.1, -0.05) is 69.3 Å². The largest absolute Gasteiger partial charge is 0.480 e. The number of ether oxygens (including phenoxy) is 1. The van der Waals surface area contributed by atoms with E-state index in [0.717, 1.165) is 22.3 Å². The van der Waals surface area contributed by atoms with Gasteiger partial charge in [-0.2, -0.15) is 0 Å². The summed E-state index contributed by atoms with van der Waals surface area (Å²) in [5.41, 5.74) is 4.46. The van der Waals surface area contributed by atoms with Gasteiger partial charge in [-0.3, -0.25) is 4.79 Å². The molecule has 2 aromatic rings. The summed E-state index contributed by atoms with van der Waals surface area (Å²) in [7, 11) is 0. The number of carbonyl (C=O) groups is 3. The molecule has 8 heteroatoms. The molecule has 35 heavy (non-hydrogen) atoms. The normalized spacial score (nSPS) is 18.0. The molecule has 0 bridgehead atoms. The lowest BCUT2D eigenvalue weighted by Gasteiger charge is -2.28. The number of carbonyl (C=O) groups excluding carboxylic acids is 2. The van der Waals surface area contributed by atoms with Crippen LogP contribution in [0.25, 0.3) is 11.1 Å². The molecule has 7 nitrogen and oxygen atoms in total. The molecule has 1 heterocycles. The van der Waals surface area contributed by atoms with E-state index in [9.17, 15) is 19.5 Å². The summed E-state index contributed by atoms with van der Waals surface area (Å²) in [6.07, 6.45) is 0.420. The molecular weight excluding hydrogens is 464 g/mol. The summed E-state index contributed by atoms with van der Waals surface area (Å²) >= 11 is 1.40. The van der Waals surface area contributed by atoms with Crippen molar-refractivity contribution in [3.8, 4) is 11.1 Å². The van der Waals surface area contributed by atoms with Crippen molar-refractivity contribution < 1.29 is 24.2 Å². The number of aliphatic carboxylic acids is 1. The van der Waals surface area contributed by atoms with E-state index in [1.807, 2.05) is 36.4 Å². The van der Waals surface area contributed by atoms with Crippen molar-refractivity contribution in [2.75, 3.05) is 18.2 Å². The summed E-state index contributed by atoms with van der Waals surface area (Å²) in [4.78, 5) is 39.1. The minimum atomic E-state index is -1.03. The molecular formula is C27H32N2O5S. The Balaban J connectivity index is 1.45. The van der Waals surface area contributed by atoms with Gasteiger partial charge in [-0.15, -0.1) is 11.8 Å². The maximum absolute atomic E-state index is 13.3. The van der Waals surface area contributed by atoms with Crippen molar-refractivity contribution in [1.82, 2.24) is 10.2 Å². The molecule has 1 aliphatic heterocycles. The first-order chi connectivity index (χ1) is 16.7. The van der Waals surface area contributed by atoms with Crippen molar-refractivity contribution in [2.45, 2.75) is 51.6 Å². The van der Waals surface area contributed by atoms with Crippen LogP contribution in [0.2, 0.25) is 0 Å². The lowest BCUT2D eigenvalue weighted by molar-refractivity contribution is -0.148. The van der Waals surface area contributed by atoms with E-state index in [1.54, 1.807) is 0 Å². The van der Waals surface area contributed by atoms with E-state index in [1.165, 1.54) is 16.7 Å². The molecule has 4 rings (SSSR count). The smallest absolute Gasteiger partial charge is 0.407 e. The van der Waals surface area contributed by atoms with Crippen LogP contribution >= 0.6 is 11.8 Å². The number of thioether (sulfide) groups is 1. The average Bonchev–Trinajstić information content (AvgIpc) is 3.43. The Morgan fingerprint density at radius 3 is 2.26 bits per heavy atom. The molecule has 186 valence electrons. The van der Waals surface area contributed by atoms with Gasteiger partial charge in [0.1, 0.15) is 18.7 Å². The summed E-state index contributed by atoms with van der Waals surface area (Å²) in [6, 6.07) is 14.5. The second kappa shape index (κ2) is 10.3. The van der Waals surface area contributed by atoms with Gasteiger partial charge in [0, 0.05) is 11.7 Å². The third kappa shape index (κ3) is 5.64. The highest BCUT2D eigenvalue weighted by atomic mass is 32.2. The number of carboxylic acid groups (broad SMARTS) is 1. The zero-order valence-electron chi connectivity index (χ0n) is 20.3. The first kappa shape index (κ1) is 25.1. The zero-order chi connectivity index (χ0) is 25.2. The lowest BCUT2D eigenvalue weighted by atomic mass is 9.88. The van der Waals surface area contributed by atoms with Crippen LogP contribution in [0.1, 0.15) is 50.7 Å². The van der Waals surface area contributed by atoms with E-state index in [2.05, 4.69) is 38.2 Å². The van der Waals surface area contributed by atoms with Crippen LogP contribution in [-0.4, -0.2) is 58.3 Å². The van der Waals surface area contributed by atoms with Crippen molar-refractivity contribution >= 4 is 29.7 Å². The van der Waals surface area contributed by atoms with Gasteiger partial charge in [-0.25, -0.2) is 9.59 Å². The van der Waals surface area contributed by atoms with Crippen LogP contribution in [0.3, 0.4) is 0 Å². The summed E-state index contributed by atoms with van der Waals surface area (Å²) in [6.45, 7) is 6.34. The maximum Gasteiger partial charge on any atom is 0.407 e. The summed E-state index contributed by atoms with van der Waals surface area (Å²) < 4.78 is 5.65. The highest BCUT2D eigenvalue weighted by Gasteiger charge is 2.39. The number of hydrogen-bond acceptors (Lipinski definition) is 5. The van der Waals surface area contributed by atoms with Gasteiger partial charge in [0.2, 0.25) is 5.91 Å². The molecule has 1 saturated heterocycles. The number of amides is 2. The SMILES string of the molecule is CC(C)(C)CCC(NC(=O)OCC1c2ccccc2-c2ccccc21)C(=O)N1CSCC1C(=O)O. The quantitative estimate of drug-likeness (QED) is 0.577. The molecule has 2 unspecified atom stereocenters.